The maximum absolute atomic E-state index is 6.27. The van der Waals surface area contributed by atoms with Gasteiger partial charge in [-0.05, 0) is 42.6 Å². The zero-order valence-corrected chi connectivity index (χ0v) is 13.7. The minimum absolute atomic E-state index is 0.00784. The first-order valence-corrected chi connectivity index (χ1v) is 8.05. The lowest BCUT2D eigenvalue weighted by Crippen LogP contribution is -2.11. The van der Waals surface area contributed by atoms with E-state index in [1.54, 1.807) is 7.11 Å². The predicted octanol–water partition coefficient (Wildman–Crippen LogP) is 3.40. The highest BCUT2D eigenvalue weighted by Gasteiger charge is 2.11. The molecule has 0 saturated heterocycles. The van der Waals surface area contributed by atoms with E-state index < -0.39 is 0 Å². The first-order chi connectivity index (χ1) is 11.2. The van der Waals surface area contributed by atoms with Gasteiger partial charge < -0.3 is 20.9 Å². The molecule has 0 spiro atoms. The van der Waals surface area contributed by atoms with Crippen LogP contribution in [0.4, 0.5) is 0 Å². The molecule has 0 aliphatic rings. The van der Waals surface area contributed by atoms with Gasteiger partial charge in [0, 0.05) is 6.04 Å². The molecule has 2 rings (SSSR count). The zero-order chi connectivity index (χ0) is 16.5. The molecule has 0 heterocycles. The summed E-state index contributed by atoms with van der Waals surface area (Å²) in [6.45, 7) is 1.21. The summed E-state index contributed by atoms with van der Waals surface area (Å²) in [5.41, 5.74) is 14.0. The highest BCUT2D eigenvalue weighted by Crippen LogP contribution is 2.31. The number of ether oxygens (including phenoxy) is 2. The zero-order valence-electron chi connectivity index (χ0n) is 13.7. The van der Waals surface area contributed by atoms with Crippen molar-refractivity contribution in [1.29, 1.82) is 0 Å². The van der Waals surface area contributed by atoms with Gasteiger partial charge in [0.2, 0.25) is 0 Å². The van der Waals surface area contributed by atoms with Crippen LogP contribution in [0.2, 0.25) is 0 Å². The molecule has 2 aromatic carbocycles. The second kappa shape index (κ2) is 9.18. The minimum Gasteiger partial charge on any atom is -0.493 e. The minimum atomic E-state index is -0.00784. The summed E-state index contributed by atoms with van der Waals surface area (Å²) < 4.78 is 11.3. The molecule has 4 nitrogen and oxygen atoms in total. The molecule has 0 unspecified atom stereocenters. The molecule has 0 fully saturated rings. The second-order valence-corrected chi connectivity index (χ2v) is 5.58. The Morgan fingerprint density at radius 3 is 2.48 bits per heavy atom. The lowest BCUT2D eigenvalue weighted by atomic mass is 10.0. The van der Waals surface area contributed by atoms with Gasteiger partial charge in [0.05, 0.1) is 7.11 Å². The van der Waals surface area contributed by atoms with E-state index in [2.05, 4.69) is 0 Å². The summed E-state index contributed by atoms with van der Waals surface area (Å²) in [6, 6.07) is 16.0. The molecular weight excluding hydrogens is 288 g/mol. The lowest BCUT2D eigenvalue weighted by Gasteiger charge is -2.16. The van der Waals surface area contributed by atoms with E-state index in [0.717, 1.165) is 41.9 Å². The molecule has 0 bridgehead atoms. The van der Waals surface area contributed by atoms with Gasteiger partial charge in [-0.1, -0.05) is 42.8 Å². The largest absolute Gasteiger partial charge is 0.493 e. The first kappa shape index (κ1) is 17.3. The Morgan fingerprint density at radius 2 is 1.78 bits per heavy atom. The van der Waals surface area contributed by atoms with Crippen molar-refractivity contribution < 1.29 is 9.47 Å². The summed E-state index contributed by atoms with van der Waals surface area (Å²) in [7, 11) is 1.64. The van der Waals surface area contributed by atoms with Crippen molar-refractivity contribution in [3.63, 3.8) is 0 Å². The summed E-state index contributed by atoms with van der Waals surface area (Å²) in [6.07, 6.45) is 2.95. The number of nitrogens with two attached hydrogens (primary N) is 2. The molecular formula is C19H26N2O2. The topological polar surface area (TPSA) is 70.5 Å². The van der Waals surface area contributed by atoms with Crippen LogP contribution in [-0.4, -0.2) is 13.7 Å². The normalized spacial score (nSPS) is 12.0. The van der Waals surface area contributed by atoms with Crippen molar-refractivity contribution in [3.8, 4) is 11.5 Å². The molecule has 0 saturated carbocycles. The summed E-state index contributed by atoms with van der Waals surface area (Å²) >= 11 is 0. The Labute approximate surface area is 138 Å². The molecule has 0 aliphatic carbocycles. The summed E-state index contributed by atoms with van der Waals surface area (Å²) in [4.78, 5) is 0. The Bertz CT molecular complexity index is 587. The number of hydrogen-bond donors (Lipinski definition) is 2. The molecule has 4 heteroatoms. The van der Waals surface area contributed by atoms with Gasteiger partial charge in [-0.3, -0.25) is 0 Å². The standard InChI is InChI=1S/C19H26N2O2/c1-22-18-11-10-16(17(21)9-5-6-12-20)13-19(18)23-14-15-7-3-2-4-8-15/h2-4,7-8,10-11,13,17H,5-6,9,12,14,20-21H2,1H3/t17-/m1/s1. The van der Waals surface area contributed by atoms with Crippen LogP contribution in [0.1, 0.15) is 36.4 Å². The molecule has 2 aromatic rings. The van der Waals surface area contributed by atoms with Gasteiger partial charge in [-0.25, -0.2) is 0 Å². The van der Waals surface area contributed by atoms with Gasteiger partial charge in [-0.2, -0.15) is 0 Å². The summed E-state index contributed by atoms with van der Waals surface area (Å²) in [5, 5.41) is 0. The fourth-order valence-corrected chi connectivity index (χ4v) is 2.45. The van der Waals surface area contributed by atoms with E-state index in [4.69, 9.17) is 20.9 Å². The SMILES string of the molecule is COc1ccc([C@H](N)CCCCN)cc1OCc1ccccc1. The van der Waals surface area contributed by atoms with Crippen LogP contribution in [0.5, 0.6) is 11.5 Å². The number of methoxy groups -OCH3 is 1. The van der Waals surface area contributed by atoms with E-state index in [9.17, 15) is 0 Å². The quantitative estimate of drug-likeness (QED) is 0.696. The van der Waals surface area contributed by atoms with Gasteiger partial charge in [-0.15, -0.1) is 0 Å². The molecule has 0 aromatic heterocycles. The highest BCUT2D eigenvalue weighted by molar-refractivity contribution is 5.44. The van der Waals surface area contributed by atoms with Crippen molar-refractivity contribution >= 4 is 0 Å². The maximum atomic E-state index is 6.27. The van der Waals surface area contributed by atoms with Crippen molar-refractivity contribution in [2.45, 2.75) is 31.9 Å². The third-order valence-electron chi connectivity index (χ3n) is 3.82. The molecule has 0 amide bonds. The predicted molar refractivity (Wildman–Crippen MR) is 93.6 cm³/mol. The lowest BCUT2D eigenvalue weighted by molar-refractivity contribution is 0.284. The van der Waals surface area contributed by atoms with E-state index in [1.165, 1.54) is 0 Å². The number of unbranched alkanes of at least 4 members (excludes halogenated alkanes) is 1. The van der Waals surface area contributed by atoms with Crippen LogP contribution in [0.15, 0.2) is 48.5 Å². The van der Waals surface area contributed by atoms with Crippen LogP contribution in [0.25, 0.3) is 0 Å². The van der Waals surface area contributed by atoms with E-state index in [0.29, 0.717) is 13.2 Å². The third-order valence-corrected chi connectivity index (χ3v) is 3.82. The van der Waals surface area contributed by atoms with Crippen molar-refractivity contribution in [2.24, 2.45) is 11.5 Å². The Hall–Kier alpha value is -2.04. The van der Waals surface area contributed by atoms with E-state index in [-0.39, 0.29) is 6.04 Å². The number of hydrogen-bond acceptors (Lipinski definition) is 4. The van der Waals surface area contributed by atoms with Gasteiger partial charge in [0.1, 0.15) is 6.61 Å². The van der Waals surface area contributed by atoms with Crippen LogP contribution in [0.3, 0.4) is 0 Å². The van der Waals surface area contributed by atoms with Gasteiger partial charge in [0.25, 0.3) is 0 Å². The summed E-state index contributed by atoms with van der Waals surface area (Å²) in [5.74, 6) is 1.45. The Kier molecular flexibility index (Phi) is 6.91. The fourth-order valence-electron chi connectivity index (χ4n) is 2.45. The fraction of sp³-hybridized carbons (Fsp3) is 0.368. The maximum Gasteiger partial charge on any atom is 0.161 e. The average Bonchev–Trinajstić information content (AvgIpc) is 2.60. The molecule has 124 valence electrons. The Balaban J connectivity index is 2.05. The van der Waals surface area contributed by atoms with Crippen molar-refractivity contribution in [3.05, 3.63) is 59.7 Å². The van der Waals surface area contributed by atoms with Crippen LogP contribution in [-0.2, 0) is 6.61 Å². The van der Waals surface area contributed by atoms with Crippen LogP contribution < -0.4 is 20.9 Å². The first-order valence-electron chi connectivity index (χ1n) is 8.05. The Morgan fingerprint density at radius 1 is 1.00 bits per heavy atom. The monoisotopic (exact) mass is 314 g/mol. The van der Waals surface area contributed by atoms with Crippen molar-refractivity contribution in [1.82, 2.24) is 0 Å². The third kappa shape index (κ3) is 5.27. The smallest absolute Gasteiger partial charge is 0.161 e. The van der Waals surface area contributed by atoms with Gasteiger partial charge in [0.15, 0.2) is 11.5 Å². The van der Waals surface area contributed by atoms with Crippen LogP contribution in [0, 0.1) is 0 Å². The molecule has 0 radical (unpaired) electrons. The highest BCUT2D eigenvalue weighted by atomic mass is 16.5. The average molecular weight is 314 g/mol. The van der Waals surface area contributed by atoms with Gasteiger partial charge >= 0.3 is 0 Å². The molecule has 1 atom stereocenters. The molecule has 0 aliphatic heterocycles. The second-order valence-electron chi connectivity index (χ2n) is 5.58. The van der Waals surface area contributed by atoms with Crippen LogP contribution >= 0.6 is 0 Å². The molecule has 23 heavy (non-hydrogen) atoms. The van der Waals surface area contributed by atoms with E-state index >= 15 is 0 Å². The van der Waals surface area contributed by atoms with Crippen molar-refractivity contribution in [2.75, 3.05) is 13.7 Å². The number of rotatable bonds is 9. The van der Waals surface area contributed by atoms with E-state index in [1.807, 2.05) is 48.5 Å². The molecule has 4 N–H and O–H groups in total. The number of benzene rings is 2.